The Bertz CT molecular complexity index is 46.8. The van der Waals surface area contributed by atoms with Gasteiger partial charge in [0.25, 0.3) is 0 Å². The van der Waals surface area contributed by atoms with E-state index in [-0.39, 0.29) is 5.71 Å². The minimum atomic E-state index is -0.538. The molecule has 0 atom stereocenters. The van der Waals surface area contributed by atoms with Crippen LogP contribution in [0, 0.1) is 0 Å². The summed E-state index contributed by atoms with van der Waals surface area (Å²) in [7, 11) is 0. The molecule has 3 nitrogen and oxygen atoms in total. The summed E-state index contributed by atoms with van der Waals surface area (Å²) < 4.78 is 0. The van der Waals surface area contributed by atoms with E-state index in [1.165, 1.54) is 0 Å². The highest BCUT2D eigenvalue weighted by molar-refractivity contribution is 5.79. The van der Waals surface area contributed by atoms with Crippen molar-refractivity contribution in [2.45, 2.75) is 0 Å². The second-order valence-electron chi connectivity index (χ2n) is 0.947. The molecule has 0 aliphatic heterocycles. The largest absolute Gasteiger partial charge is 0.847 e. The van der Waals surface area contributed by atoms with Crippen LogP contribution in [0.5, 0.6) is 0 Å². The van der Waals surface area contributed by atoms with E-state index in [9.17, 15) is 10.2 Å². The van der Waals surface area contributed by atoms with Gasteiger partial charge in [0, 0.05) is 0 Å². The lowest BCUT2D eigenvalue weighted by atomic mass is 10.4. The van der Waals surface area contributed by atoms with Crippen LogP contribution in [0.4, 0.5) is 0 Å². The van der Waals surface area contributed by atoms with Gasteiger partial charge in [0.15, 0.2) is 12.3 Å². The third-order valence-electron chi connectivity index (χ3n) is 0.371. The first kappa shape index (κ1) is 5.59. The quantitative estimate of drug-likeness (QED) is 0.358. The standard InChI is InChI=1S/C3H5NO2/c4-3(1-5)2-6/h4H,1-2H2/q-1/p+1. The first-order chi connectivity index (χ1) is 2.81. The van der Waals surface area contributed by atoms with Crippen LogP contribution in [0.1, 0.15) is 0 Å². The van der Waals surface area contributed by atoms with Crippen molar-refractivity contribution in [3.05, 3.63) is 0 Å². The van der Waals surface area contributed by atoms with Gasteiger partial charge in [-0.25, -0.2) is 5.11 Å². The van der Waals surface area contributed by atoms with Crippen LogP contribution in [0.15, 0.2) is 0 Å². The molecule has 1 radical (unpaired) electrons. The third-order valence-corrected chi connectivity index (χ3v) is 0.371. The van der Waals surface area contributed by atoms with Crippen LogP contribution >= 0.6 is 0 Å². The minimum absolute atomic E-state index is 0.0185. The Balaban J connectivity index is 2.99. The van der Waals surface area contributed by atoms with Crippen LogP contribution in [0.25, 0.3) is 0 Å². The normalized spacial score (nSPS) is 8.33. The molecule has 0 aromatic heterocycles. The summed E-state index contributed by atoms with van der Waals surface area (Å²) in [5.74, 6) is 0. The number of nitrogens with two attached hydrogens (primary N) is 1. The Morgan fingerprint density at radius 1 is 1.83 bits per heavy atom. The molecule has 0 saturated carbocycles. The van der Waals surface area contributed by atoms with E-state index in [4.69, 9.17) is 5.41 Å². The van der Waals surface area contributed by atoms with Gasteiger partial charge in [0.1, 0.15) is 0 Å². The van der Waals surface area contributed by atoms with E-state index in [0.29, 0.717) is 0 Å². The van der Waals surface area contributed by atoms with E-state index < -0.39 is 13.2 Å². The van der Waals surface area contributed by atoms with Gasteiger partial charge in [-0.05, 0) is 0 Å². The van der Waals surface area contributed by atoms with E-state index in [1.54, 1.807) is 0 Å². The van der Waals surface area contributed by atoms with Gasteiger partial charge in [-0.1, -0.05) is 6.61 Å². The number of hydrogen-bond acceptors (Lipinski definition) is 1. The summed E-state index contributed by atoms with van der Waals surface area (Å²) in [6, 6.07) is 0. The SMILES string of the molecule is [NH2+]=C(C[O])C[O-]. The highest BCUT2D eigenvalue weighted by atomic mass is 16.3. The number of rotatable bonds is 2. The fourth-order valence-electron chi connectivity index (χ4n) is 0.0417. The number of hydrogen-bond donors (Lipinski definition) is 1. The fourth-order valence-corrected chi connectivity index (χ4v) is 0.0417. The van der Waals surface area contributed by atoms with Crippen LogP contribution in [0.2, 0.25) is 0 Å². The van der Waals surface area contributed by atoms with E-state index >= 15 is 0 Å². The highest BCUT2D eigenvalue weighted by Crippen LogP contribution is 1.52. The molecule has 0 rings (SSSR count). The average Bonchev–Trinajstić information content (AvgIpc) is 1.65. The van der Waals surface area contributed by atoms with Crippen molar-refractivity contribution in [2.75, 3.05) is 13.2 Å². The Morgan fingerprint density at radius 3 is 2.33 bits per heavy atom. The molecule has 0 amide bonds. The molecular weight excluding hydrogens is 82.0 g/mol. The maximum atomic E-state index is 9.50. The van der Waals surface area contributed by atoms with Crippen LogP contribution in [-0.4, -0.2) is 18.9 Å². The average molecular weight is 88.1 g/mol. The van der Waals surface area contributed by atoms with Gasteiger partial charge >= 0.3 is 0 Å². The van der Waals surface area contributed by atoms with Gasteiger partial charge in [-0.3, -0.25) is 5.41 Å². The van der Waals surface area contributed by atoms with Gasteiger partial charge < -0.3 is 5.11 Å². The van der Waals surface area contributed by atoms with Crippen molar-refractivity contribution in [3.8, 4) is 0 Å². The van der Waals surface area contributed by atoms with Gasteiger partial charge in [0.2, 0.25) is 0 Å². The summed E-state index contributed by atoms with van der Waals surface area (Å²) in [5.41, 5.74) is -0.0185. The summed E-state index contributed by atoms with van der Waals surface area (Å²) >= 11 is 0. The predicted molar refractivity (Wildman–Crippen MR) is 17.4 cm³/mol. The summed E-state index contributed by atoms with van der Waals surface area (Å²) in [6.45, 7) is -1.08. The van der Waals surface area contributed by atoms with E-state index in [1.807, 2.05) is 0 Å². The zero-order valence-electron chi connectivity index (χ0n) is 3.31. The molecule has 0 aliphatic carbocycles. The maximum absolute atomic E-state index is 9.50. The summed E-state index contributed by atoms with van der Waals surface area (Å²) in [4.78, 5) is 0. The van der Waals surface area contributed by atoms with Gasteiger partial charge in [0.05, 0.1) is 0 Å². The van der Waals surface area contributed by atoms with E-state index in [2.05, 4.69) is 0 Å². The maximum Gasteiger partial charge on any atom is 0.161 e. The molecule has 0 spiro atoms. The Morgan fingerprint density at radius 2 is 2.33 bits per heavy atom. The van der Waals surface area contributed by atoms with E-state index in [0.717, 1.165) is 0 Å². The van der Waals surface area contributed by atoms with Crippen molar-refractivity contribution in [2.24, 2.45) is 0 Å². The third kappa shape index (κ3) is 1.87. The molecule has 0 fully saturated rings. The molecule has 0 aromatic rings. The molecule has 2 N–H and O–H groups in total. The molecule has 0 bridgehead atoms. The monoisotopic (exact) mass is 88.0 g/mol. The second-order valence-corrected chi connectivity index (χ2v) is 0.947. The molecule has 6 heavy (non-hydrogen) atoms. The first-order valence-electron chi connectivity index (χ1n) is 1.57. The van der Waals surface area contributed by atoms with Gasteiger partial charge in [-0.2, -0.15) is 0 Å². The molecule has 0 unspecified atom stereocenters. The van der Waals surface area contributed by atoms with Crippen molar-refractivity contribution in [1.82, 2.24) is 0 Å². The van der Waals surface area contributed by atoms with Crippen molar-refractivity contribution in [1.29, 1.82) is 0 Å². The van der Waals surface area contributed by atoms with Crippen LogP contribution in [-0.2, 0) is 5.11 Å². The Kier molecular flexibility index (Phi) is 2.62. The summed E-state index contributed by atoms with van der Waals surface area (Å²) in [5, 5.41) is 23.8. The zero-order chi connectivity index (χ0) is 4.99. The minimum Gasteiger partial charge on any atom is -0.847 e. The topological polar surface area (TPSA) is 68.5 Å². The van der Waals surface area contributed by atoms with Crippen LogP contribution in [0.3, 0.4) is 0 Å². The van der Waals surface area contributed by atoms with Crippen molar-refractivity contribution >= 4 is 5.71 Å². The zero-order valence-corrected chi connectivity index (χ0v) is 3.31. The molecule has 35 valence electrons. The molecule has 0 aliphatic rings. The summed E-state index contributed by atoms with van der Waals surface area (Å²) in [6.07, 6.45) is 0. The van der Waals surface area contributed by atoms with Gasteiger partial charge in [-0.15, -0.1) is 0 Å². The molecule has 0 heterocycles. The predicted octanol–water partition coefficient (Wildman–Crippen LogP) is -3.02. The van der Waals surface area contributed by atoms with Crippen molar-refractivity contribution in [3.63, 3.8) is 0 Å². The molecule has 0 aromatic carbocycles. The Labute approximate surface area is 35.7 Å². The second kappa shape index (κ2) is 2.81. The fraction of sp³-hybridized carbons (Fsp3) is 0.667. The smallest absolute Gasteiger partial charge is 0.161 e. The molecular formula is C3H6NO2. The lowest BCUT2D eigenvalue weighted by Crippen LogP contribution is -2.47. The van der Waals surface area contributed by atoms with Crippen LogP contribution < -0.4 is 10.5 Å². The Hall–Kier alpha value is -0.410. The highest BCUT2D eigenvalue weighted by Gasteiger charge is 1.86. The molecule has 3 heteroatoms. The first-order valence-corrected chi connectivity index (χ1v) is 1.57. The lowest BCUT2D eigenvalue weighted by Gasteiger charge is -1.91. The lowest BCUT2D eigenvalue weighted by molar-refractivity contribution is -0.355. The molecule has 0 saturated heterocycles. The van der Waals surface area contributed by atoms with Crippen molar-refractivity contribution < 1.29 is 15.6 Å².